The van der Waals surface area contributed by atoms with Gasteiger partial charge in [-0.15, -0.1) is 11.3 Å². The van der Waals surface area contributed by atoms with Crippen LogP contribution in [-0.4, -0.2) is 28.9 Å². The number of benzene rings is 1. The topological polar surface area (TPSA) is 45.2 Å². The van der Waals surface area contributed by atoms with Gasteiger partial charge < -0.3 is 0 Å². The minimum Gasteiger partial charge on any atom is -0.298 e. The molecule has 1 aliphatic heterocycles. The standard InChI is InChI=1S/C17H20FN3OS/c1-12-3-2-8-21(9-12)10-15-11-23-17(19-15)20-16(22)13-4-6-14(18)7-5-13/h4-7,11-12H,2-3,8-10H2,1H3,(H,19,20,22)/t12-/m1/s1. The van der Waals surface area contributed by atoms with E-state index >= 15 is 0 Å². The van der Waals surface area contributed by atoms with E-state index in [4.69, 9.17) is 0 Å². The SMILES string of the molecule is C[C@@H]1CCCN(Cc2csc(NC(=O)c3ccc(F)cc3)n2)C1. The lowest BCUT2D eigenvalue weighted by Gasteiger charge is -2.30. The van der Waals surface area contributed by atoms with Crippen molar-refractivity contribution in [3.05, 3.63) is 46.7 Å². The molecule has 2 heterocycles. The molecular weight excluding hydrogens is 313 g/mol. The molecule has 1 aliphatic rings. The van der Waals surface area contributed by atoms with Crippen molar-refractivity contribution < 1.29 is 9.18 Å². The molecule has 1 aromatic carbocycles. The third-order valence-electron chi connectivity index (χ3n) is 4.01. The zero-order valence-corrected chi connectivity index (χ0v) is 13.9. The number of amides is 1. The van der Waals surface area contributed by atoms with Crippen LogP contribution in [0.4, 0.5) is 9.52 Å². The van der Waals surface area contributed by atoms with Crippen LogP contribution in [0.2, 0.25) is 0 Å². The quantitative estimate of drug-likeness (QED) is 0.926. The molecule has 1 atom stereocenters. The number of carbonyl (C=O) groups excluding carboxylic acids is 1. The molecule has 6 heteroatoms. The zero-order valence-electron chi connectivity index (χ0n) is 13.1. The molecule has 0 bridgehead atoms. The van der Waals surface area contributed by atoms with Crippen molar-refractivity contribution in [3.63, 3.8) is 0 Å². The molecule has 1 amide bonds. The predicted octanol–water partition coefficient (Wildman–Crippen LogP) is 3.77. The lowest BCUT2D eigenvalue weighted by Crippen LogP contribution is -2.33. The van der Waals surface area contributed by atoms with Crippen LogP contribution < -0.4 is 5.32 Å². The number of nitrogens with zero attached hydrogens (tertiary/aromatic N) is 2. The second-order valence-corrected chi connectivity index (χ2v) is 6.95. The molecule has 1 N–H and O–H groups in total. The Kier molecular flexibility index (Phi) is 5.03. The number of nitrogens with one attached hydrogen (secondary N) is 1. The first-order chi connectivity index (χ1) is 11.1. The molecule has 1 saturated heterocycles. The summed E-state index contributed by atoms with van der Waals surface area (Å²) in [7, 11) is 0. The summed E-state index contributed by atoms with van der Waals surface area (Å²) in [5, 5.41) is 5.34. The maximum Gasteiger partial charge on any atom is 0.257 e. The van der Waals surface area contributed by atoms with Crippen LogP contribution in [0.5, 0.6) is 0 Å². The Morgan fingerprint density at radius 3 is 2.96 bits per heavy atom. The summed E-state index contributed by atoms with van der Waals surface area (Å²) in [6.45, 7) is 5.32. The Bertz CT molecular complexity index is 671. The first-order valence-corrected chi connectivity index (χ1v) is 8.72. The van der Waals surface area contributed by atoms with Crippen molar-refractivity contribution in [2.75, 3.05) is 18.4 Å². The monoisotopic (exact) mass is 333 g/mol. The minimum absolute atomic E-state index is 0.266. The number of thiazole rings is 1. The normalized spacial score (nSPS) is 18.8. The Hall–Kier alpha value is -1.79. The van der Waals surface area contributed by atoms with E-state index in [-0.39, 0.29) is 11.7 Å². The van der Waals surface area contributed by atoms with Gasteiger partial charge in [-0.1, -0.05) is 6.92 Å². The summed E-state index contributed by atoms with van der Waals surface area (Å²) in [6, 6.07) is 5.49. The number of halogens is 1. The van der Waals surface area contributed by atoms with Gasteiger partial charge in [0.25, 0.3) is 5.91 Å². The molecule has 3 rings (SSSR count). The summed E-state index contributed by atoms with van der Waals surface area (Å²) >= 11 is 1.42. The molecule has 1 fully saturated rings. The van der Waals surface area contributed by atoms with Crippen molar-refractivity contribution in [2.24, 2.45) is 5.92 Å². The van der Waals surface area contributed by atoms with E-state index in [1.807, 2.05) is 5.38 Å². The van der Waals surface area contributed by atoms with E-state index in [1.165, 1.54) is 48.4 Å². The van der Waals surface area contributed by atoms with E-state index in [0.29, 0.717) is 10.7 Å². The van der Waals surface area contributed by atoms with Crippen LogP contribution >= 0.6 is 11.3 Å². The largest absolute Gasteiger partial charge is 0.298 e. The Morgan fingerprint density at radius 2 is 2.22 bits per heavy atom. The minimum atomic E-state index is -0.353. The van der Waals surface area contributed by atoms with Crippen LogP contribution in [0, 0.1) is 11.7 Å². The molecule has 1 aromatic heterocycles. The van der Waals surface area contributed by atoms with Gasteiger partial charge in [0.05, 0.1) is 5.69 Å². The van der Waals surface area contributed by atoms with Gasteiger partial charge in [0.2, 0.25) is 0 Å². The Morgan fingerprint density at radius 1 is 1.43 bits per heavy atom. The molecule has 2 aromatic rings. The van der Waals surface area contributed by atoms with Gasteiger partial charge in [-0.3, -0.25) is 15.0 Å². The van der Waals surface area contributed by atoms with Gasteiger partial charge in [0.15, 0.2) is 5.13 Å². The molecular formula is C17H20FN3OS. The van der Waals surface area contributed by atoms with Crippen LogP contribution in [0.25, 0.3) is 0 Å². The fourth-order valence-corrected chi connectivity index (χ4v) is 3.56. The highest BCUT2D eigenvalue weighted by atomic mass is 32.1. The van der Waals surface area contributed by atoms with Gasteiger partial charge in [-0.05, 0) is 49.6 Å². The summed E-state index contributed by atoms with van der Waals surface area (Å²) in [4.78, 5) is 19.0. The van der Waals surface area contributed by atoms with Gasteiger partial charge in [0.1, 0.15) is 5.82 Å². The summed E-state index contributed by atoms with van der Waals surface area (Å²) < 4.78 is 12.9. The van der Waals surface area contributed by atoms with Crippen molar-refractivity contribution in [1.82, 2.24) is 9.88 Å². The zero-order chi connectivity index (χ0) is 16.2. The van der Waals surface area contributed by atoms with E-state index in [1.54, 1.807) is 0 Å². The molecule has 0 saturated carbocycles. The Labute approximate surface area is 139 Å². The molecule has 122 valence electrons. The third kappa shape index (κ3) is 4.36. The fraction of sp³-hybridized carbons (Fsp3) is 0.412. The lowest BCUT2D eigenvalue weighted by molar-refractivity contribution is 0.102. The average Bonchev–Trinajstić information content (AvgIpc) is 2.95. The van der Waals surface area contributed by atoms with E-state index in [2.05, 4.69) is 22.1 Å². The highest BCUT2D eigenvalue weighted by Crippen LogP contribution is 2.21. The second-order valence-electron chi connectivity index (χ2n) is 6.09. The van der Waals surface area contributed by atoms with Crippen LogP contribution in [-0.2, 0) is 6.54 Å². The highest BCUT2D eigenvalue weighted by molar-refractivity contribution is 7.13. The van der Waals surface area contributed by atoms with Gasteiger partial charge in [-0.2, -0.15) is 0 Å². The summed E-state index contributed by atoms with van der Waals surface area (Å²) in [5.41, 5.74) is 1.41. The second kappa shape index (κ2) is 7.19. The number of piperidine rings is 1. The van der Waals surface area contributed by atoms with Gasteiger partial charge >= 0.3 is 0 Å². The van der Waals surface area contributed by atoms with Crippen LogP contribution in [0.15, 0.2) is 29.6 Å². The fourth-order valence-electron chi connectivity index (χ4n) is 2.87. The maximum atomic E-state index is 12.9. The molecule has 23 heavy (non-hydrogen) atoms. The first-order valence-electron chi connectivity index (χ1n) is 7.84. The number of carbonyl (C=O) groups is 1. The van der Waals surface area contributed by atoms with Crippen molar-refractivity contribution in [1.29, 1.82) is 0 Å². The van der Waals surface area contributed by atoms with E-state index in [9.17, 15) is 9.18 Å². The number of likely N-dealkylation sites (tertiary alicyclic amines) is 1. The number of hydrogen-bond acceptors (Lipinski definition) is 4. The van der Waals surface area contributed by atoms with Crippen molar-refractivity contribution in [2.45, 2.75) is 26.3 Å². The highest BCUT2D eigenvalue weighted by Gasteiger charge is 2.17. The van der Waals surface area contributed by atoms with Crippen LogP contribution in [0.3, 0.4) is 0 Å². The Balaban J connectivity index is 1.58. The van der Waals surface area contributed by atoms with E-state index in [0.717, 1.165) is 31.2 Å². The average molecular weight is 333 g/mol. The molecule has 0 radical (unpaired) electrons. The molecule has 0 aliphatic carbocycles. The van der Waals surface area contributed by atoms with Crippen molar-refractivity contribution in [3.8, 4) is 0 Å². The number of anilines is 1. The van der Waals surface area contributed by atoms with Crippen molar-refractivity contribution >= 4 is 22.4 Å². The van der Waals surface area contributed by atoms with Gasteiger partial charge in [-0.25, -0.2) is 9.37 Å². The summed E-state index contributed by atoms with van der Waals surface area (Å²) in [5.74, 6) is 0.117. The summed E-state index contributed by atoms with van der Waals surface area (Å²) in [6.07, 6.45) is 2.53. The first kappa shape index (κ1) is 16.1. The number of rotatable bonds is 4. The maximum absolute atomic E-state index is 12.9. The third-order valence-corrected chi connectivity index (χ3v) is 4.81. The van der Waals surface area contributed by atoms with Crippen LogP contribution in [0.1, 0.15) is 35.8 Å². The molecule has 4 nitrogen and oxygen atoms in total. The molecule has 0 spiro atoms. The van der Waals surface area contributed by atoms with Gasteiger partial charge in [0, 0.05) is 24.0 Å². The smallest absolute Gasteiger partial charge is 0.257 e. The lowest BCUT2D eigenvalue weighted by atomic mass is 10.0. The van der Waals surface area contributed by atoms with E-state index < -0.39 is 0 Å². The molecule has 0 unspecified atom stereocenters. The predicted molar refractivity (Wildman–Crippen MR) is 90.1 cm³/mol. The number of hydrogen-bond donors (Lipinski definition) is 1. The number of aromatic nitrogens is 1.